The van der Waals surface area contributed by atoms with Crippen molar-refractivity contribution in [2.45, 2.75) is 63.0 Å². The van der Waals surface area contributed by atoms with Crippen LogP contribution in [0.5, 0.6) is 0 Å². The molecule has 26 heavy (non-hydrogen) atoms. The lowest BCUT2D eigenvalue weighted by Gasteiger charge is -2.19. The summed E-state index contributed by atoms with van der Waals surface area (Å²) in [6.45, 7) is 8.09. The Kier molecular flexibility index (Phi) is 5.22. The molecule has 140 valence electrons. The van der Waals surface area contributed by atoms with Gasteiger partial charge >= 0.3 is 0 Å². The first-order valence-corrected chi connectivity index (χ1v) is 10.2. The van der Waals surface area contributed by atoms with E-state index in [0.29, 0.717) is 17.6 Å². The van der Waals surface area contributed by atoms with E-state index in [2.05, 4.69) is 41.6 Å². The molecule has 0 radical (unpaired) electrons. The zero-order valence-electron chi connectivity index (χ0n) is 15.6. The van der Waals surface area contributed by atoms with Gasteiger partial charge in [0.1, 0.15) is 5.25 Å². The monoisotopic (exact) mass is 375 g/mol. The van der Waals surface area contributed by atoms with Crippen LogP contribution >= 0.6 is 0 Å². The van der Waals surface area contributed by atoms with E-state index < -0.39 is 16.0 Å². The molecule has 0 spiro atoms. The Morgan fingerprint density at radius 1 is 1.31 bits per heavy atom. The maximum atomic E-state index is 12.6. The molecule has 2 unspecified atom stereocenters. The maximum Gasteiger partial charge on any atom is 0.239 e. The van der Waals surface area contributed by atoms with Gasteiger partial charge in [-0.3, -0.25) is 9.00 Å². The molecule has 1 heterocycles. The Morgan fingerprint density at radius 3 is 2.54 bits per heavy atom. The van der Waals surface area contributed by atoms with E-state index in [1.54, 1.807) is 11.6 Å². The van der Waals surface area contributed by atoms with Crippen LogP contribution in [0.4, 0.5) is 5.69 Å². The summed E-state index contributed by atoms with van der Waals surface area (Å²) < 4.78 is 14.3. The predicted molar refractivity (Wildman–Crippen MR) is 101 cm³/mol. The summed E-state index contributed by atoms with van der Waals surface area (Å²) in [5.74, 6) is 0.499. The summed E-state index contributed by atoms with van der Waals surface area (Å²) >= 11 is 0. The minimum atomic E-state index is -1.39. The molecule has 1 aliphatic rings. The minimum Gasteiger partial charge on any atom is -0.325 e. The third-order valence-electron chi connectivity index (χ3n) is 4.51. The van der Waals surface area contributed by atoms with Crippen LogP contribution in [0.15, 0.2) is 24.3 Å². The third-order valence-corrected chi connectivity index (χ3v) is 6.05. The Bertz CT molecular complexity index is 806. The fraction of sp³-hybridized carbons (Fsp3) is 0.556. The van der Waals surface area contributed by atoms with Gasteiger partial charge in [-0.2, -0.15) is 0 Å². The van der Waals surface area contributed by atoms with E-state index in [1.807, 2.05) is 24.3 Å². The molecule has 1 aliphatic carbocycles. The Hall–Kier alpha value is -2.09. The number of benzene rings is 1. The second kappa shape index (κ2) is 7.26. The summed E-state index contributed by atoms with van der Waals surface area (Å²) in [5, 5.41) is 13.8. The van der Waals surface area contributed by atoms with E-state index in [4.69, 9.17) is 0 Å². The SMILES string of the molecule is CC(C(=O)Nc1ccc(C(C)(C)C)cc1)S(=O)Cc1nnnn1C1CC1. The highest BCUT2D eigenvalue weighted by Gasteiger charge is 2.29. The molecule has 2 atom stereocenters. The number of hydrogen-bond donors (Lipinski definition) is 1. The number of rotatable bonds is 6. The van der Waals surface area contributed by atoms with Crippen molar-refractivity contribution in [2.75, 3.05) is 5.32 Å². The number of amides is 1. The zero-order chi connectivity index (χ0) is 18.9. The molecule has 1 saturated carbocycles. The Morgan fingerprint density at radius 2 is 1.96 bits per heavy atom. The second-order valence-electron chi connectivity index (χ2n) is 7.75. The predicted octanol–water partition coefficient (Wildman–Crippen LogP) is 2.58. The van der Waals surface area contributed by atoms with E-state index in [9.17, 15) is 9.00 Å². The van der Waals surface area contributed by atoms with Crippen LogP contribution in [0.1, 0.15) is 58.0 Å². The molecule has 7 nitrogen and oxygen atoms in total. The number of carbonyl (C=O) groups excluding carboxylic acids is 1. The van der Waals surface area contributed by atoms with Crippen LogP contribution in [-0.2, 0) is 26.8 Å². The van der Waals surface area contributed by atoms with Gasteiger partial charge in [0.2, 0.25) is 5.91 Å². The fourth-order valence-electron chi connectivity index (χ4n) is 2.58. The average Bonchev–Trinajstić information content (AvgIpc) is 3.33. The first-order valence-electron chi connectivity index (χ1n) is 8.81. The molecule has 0 aliphatic heterocycles. The molecular weight excluding hydrogens is 350 g/mol. The summed E-state index contributed by atoms with van der Waals surface area (Å²) in [5.41, 5.74) is 1.96. The maximum absolute atomic E-state index is 12.6. The lowest BCUT2D eigenvalue weighted by Crippen LogP contribution is -2.30. The molecule has 2 aromatic rings. The van der Waals surface area contributed by atoms with Gasteiger partial charge < -0.3 is 5.32 Å². The van der Waals surface area contributed by atoms with Crippen molar-refractivity contribution in [3.05, 3.63) is 35.7 Å². The van der Waals surface area contributed by atoms with Gasteiger partial charge in [0.25, 0.3) is 0 Å². The number of nitrogens with one attached hydrogen (secondary N) is 1. The number of anilines is 1. The van der Waals surface area contributed by atoms with Crippen LogP contribution in [-0.4, -0.2) is 35.6 Å². The molecule has 0 saturated heterocycles. The van der Waals surface area contributed by atoms with Gasteiger partial charge in [0.15, 0.2) is 5.82 Å². The van der Waals surface area contributed by atoms with Crippen molar-refractivity contribution in [2.24, 2.45) is 0 Å². The van der Waals surface area contributed by atoms with E-state index in [1.165, 1.54) is 5.56 Å². The zero-order valence-corrected chi connectivity index (χ0v) is 16.4. The highest BCUT2D eigenvalue weighted by atomic mass is 32.2. The number of carbonyl (C=O) groups is 1. The molecule has 3 rings (SSSR count). The fourth-order valence-corrected chi connectivity index (χ4v) is 3.57. The minimum absolute atomic E-state index is 0.0584. The molecule has 8 heteroatoms. The average molecular weight is 375 g/mol. The van der Waals surface area contributed by atoms with Crippen molar-refractivity contribution in [1.29, 1.82) is 0 Å². The van der Waals surface area contributed by atoms with Crippen molar-refractivity contribution in [1.82, 2.24) is 20.2 Å². The van der Waals surface area contributed by atoms with E-state index in [0.717, 1.165) is 12.8 Å². The standard InChI is InChI=1S/C18H25N5O2S/c1-12(26(25)11-16-20-21-22-23(16)15-9-10-15)17(24)19-14-7-5-13(6-8-14)18(2,3)4/h5-8,12,15H,9-11H2,1-4H3,(H,19,24). The summed E-state index contributed by atoms with van der Waals surface area (Å²) in [6, 6.07) is 8.08. The van der Waals surface area contributed by atoms with Crippen molar-refractivity contribution >= 4 is 22.4 Å². The smallest absolute Gasteiger partial charge is 0.239 e. The second-order valence-corrected chi connectivity index (χ2v) is 9.51. The molecule has 1 N–H and O–H groups in total. The van der Waals surface area contributed by atoms with Crippen molar-refractivity contribution < 1.29 is 9.00 Å². The normalized spacial score (nSPS) is 16.9. The summed E-state index contributed by atoms with van der Waals surface area (Å²) in [7, 11) is -1.39. The first kappa shape index (κ1) is 18.7. The summed E-state index contributed by atoms with van der Waals surface area (Å²) in [4.78, 5) is 12.4. The van der Waals surface area contributed by atoms with Gasteiger partial charge in [-0.05, 0) is 53.3 Å². The quantitative estimate of drug-likeness (QED) is 0.838. The molecule has 1 fully saturated rings. The van der Waals surface area contributed by atoms with Gasteiger partial charge in [0, 0.05) is 16.5 Å². The molecular formula is C18H25N5O2S. The van der Waals surface area contributed by atoms with Crippen molar-refractivity contribution in [3.8, 4) is 0 Å². The van der Waals surface area contributed by atoms with Crippen molar-refractivity contribution in [3.63, 3.8) is 0 Å². The first-order chi connectivity index (χ1) is 12.3. The van der Waals surface area contributed by atoms with Crippen LogP contribution in [0.2, 0.25) is 0 Å². The van der Waals surface area contributed by atoms with Gasteiger partial charge in [0.05, 0.1) is 11.8 Å². The van der Waals surface area contributed by atoms with Crippen LogP contribution in [0, 0.1) is 0 Å². The lowest BCUT2D eigenvalue weighted by molar-refractivity contribution is -0.115. The number of tetrazole rings is 1. The van der Waals surface area contributed by atoms with Gasteiger partial charge in [-0.1, -0.05) is 32.9 Å². The Balaban J connectivity index is 1.60. The number of nitrogens with zero attached hydrogens (tertiary/aromatic N) is 4. The Labute approximate surface area is 156 Å². The number of aromatic nitrogens is 4. The highest BCUT2D eigenvalue weighted by Crippen LogP contribution is 2.34. The van der Waals surface area contributed by atoms with E-state index >= 15 is 0 Å². The third kappa shape index (κ3) is 4.35. The topological polar surface area (TPSA) is 89.8 Å². The molecule has 1 aromatic heterocycles. The van der Waals surface area contributed by atoms with Crippen LogP contribution < -0.4 is 5.32 Å². The van der Waals surface area contributed by atoms with Gasteiger partial charge in [-0.25, -0.2) is 4.68 Å². The van der Waals surface area contributed by atoms with Crippen LogP contribution in [0.3, 0.4) is 0 Å². The highest BCUT2D eigenvalue weighted by molar-refractivity contribution is 7.85. The van der Waals surface area contributed by atoms with Crippen LogP contribution in [0.25, 0.3) is 0 Å². The molecule has 1 amide bonds. The lowest BCUT2D eigenvalue weighted by atomic mass is 9.87. The number of hydrogen-bond acceptors (Lipinski definition) is 5. The molecule has 1 aromatic carbocycles. The largest absolute Gasteiger partial charge is 0.325 e. The summed E-state index contributed by atoms with van der Waals surface area (Å²) in [6.07, 6.45) is 2.09. The van der Waals surface area contributed by atoms with E-state index in [-0.39, 0.29) is 17.1 Å². The molecule has 0 bridgehead atoms. The van der Waals surface area contributed by atoms with Gasteiger partial charge in [-0.15, -0.1) is 5.10 Å².